The highest BCUT2D eigenvalue weighted by molar-refractivity contribution is 7.80. The average Bonchev–Trinajstić information content (AvgIpc) is 2.58. The minimum atomic E-state index is -1.36. The van der Waals surface area contributed by atoms with Gasteiger partial charge in [-0.05, 0) is 18.9 Å². The normalized spacial score (nSPS) is 16.1. The maximum absolute atomic E-state index is 12.7. The fourth-order valence-electron chi connectivity index (χ4n) is 2.90. The lowest BCUT2D eigenvalue weighted by atomic mass is 9.87. The van der Waals surface area contributed by atoms with Gasteiger partial charge in [0, 0.05) is 36.0 Å². The number of carboxylic acid groups (broad SMARTS) is 1. The van der Waals surface area contributed by atoms with Gasteiger partial charge >= 0.3 is 5.97 Å². The van der Waals surface area contributed by atoms with Gasteiger partial charge in [-0.2, -0.15) is 0 Å². The molecule has 0 bridgehead atoms. The van der Waals surface area contributed by atoms with E-state index in [1.54, 1.807) is 12.1 Å². The number of aliphatic carboxylic acids is 1. The van der Waals surface area contributed by atoms with Crippen molar-refractivity contribution in [2.45, 2.75) is 30.2 Å². The summed E-state index contributed by atoms with van der Waals surface area (Å²) in [5.41, 5.74) is -0.803. The fraction of sp³-hybridized carbons (Fsp3) is 0.353. The number of carbonyl (C=O) groups is 3. The van der Waals surface area contributed by atoms with Crippen molar-refractivity contribution < 1.29 is 19.5 Å². The highest BCUT2D eigenvalue weighted by atomic mass is 35.5. The lowest BCUT2D eigenvalue weighted by Crippen LogP contribution is -2.60. The Labute approximate surface area is 166 Å². The van der Waals surface area contributed by atoms with Crippen LogP contribution >= 0.6 is 35.8 Å². The van der Waals surface area contributed by atoms with Gasteiger partial charge in [-0.3, -0.25) is 9.59 Å². The Balaban J connectivity index is 2.15. The number of hydrogen-bond donors (Lipinski definition) is 3. The van der Waals surface area contributed by atoms with Crippen LogP contribution in [-0.4, -0.2) is 46.4 Å². The third-order valence-corrected chi connectivity index (χ3v) is 5.76. The number of piperidine rings is 1. The van der Waals surface area contributed by atoms with Crippen LogP contribution in [0.4, 0.5) is 0 Å². The quantitative estimate of drug-likeness (QED) is 0.520. The second kappa shape index (κ2) is 7.90. The summed E-state index contributed by atoms with van der Waals surface area (Å²) in [4.78, 5) is 37.6. The number of nitrogens with one attached hydrogen (secondary N) is 1. The first-order chi connectivity index (χ1) is 12.1. The van der Waals surface area contributed by atoms with Crippen LogP contribution in [0.2, 0.25) is 10.0 Å². The van der Waals surface area contributed by atoms with Gasteiger partial charge in [-0.1, -0.05) is 35.8 Å². The van der Waals surface area contributed by atoms with E-state index in [1.165, 1.54) is 11.8 Å². The monoisotopic (exact) mass is 416 g/mol. The number of thiol groups is 1. The molecule has 2 rings (SSSR count). The Morgan fingerprint density at radius 3 is 2.31 bits per heavy atom. The molecule has 1 aromatic rings. The molecule has 0 radical (unpaired) electrons. The van der Waals surface area contributed by atoms with Crippen LogP contribution < -0.4 is 5.32 Å². The lowest BCUT2D eigenvalue weighted by Gasteiger charge is -2.39. The molecule has 1 fully saturated rings. The van der Waals surface area contributed by atoms with E-state index in [4.69, 9.17) is 23.2 Å². The van der Waals surface area contributed by atoms with E-state index in [1.807, 2.05) is 0 Å². The summed E-state index contributed by atoms with van der Waals surface area (Å²) in [6, 6.07) is 3.23. The zero-order valence-corrected chi connectivity index (χ0v) is 16.4. The predicted molar refractivity (Wildman–Crippen MR) is 103 cm³/mol. The highest BCUT2D eigenvalue weighted by Crippen LogP contribution is 2.35. The maximum Gasteiger partial charge on any atom is 0.329 e. The van der Waals surface area contributed by atoms with Crippen molar-refractivity contribution in [3.63, 3.8) is 0 Å². The van der Waals surface area contributed by atoms with Crippen LogP contribution in [-0.2, 0) is 14.4 Å². The average molecular weight is 417 g/mol. The minimum absolute atomic E-state index is 0.102. The summed E-state index contributed by atoms with van der Waals surface area (Å²) >= 11 is 16.4. The Bertz CT molecular complexity index is 789. The summed E-state index contributed by atoms with van der Waals surface area (Å²) in [6.45, 7) is 5.41. The molecule has 140 valence electrons. The van der Waals surface area contributed by atoms with Gasteiger partial charge in [-0.15, -0.1) is 12.6 Å². The van der Waals surface area contributed by atoms with Crippen LogP contribution in [0.15, 0.2) is 23.6 Å². The molecule has 6 nitrogen and oxygen atoms in total. The standard InChI is InChI=1S/C17H18Cl2N2O4S/c1-9(11-3-4-12(26)14(19)13(11)18)15(23)21-7-5-17(6-8-21,16(24)25)20-10(2)22/h3-4,26H,1,5-8H2,2H3,(H,20,22)(H,24,25). The topological polar surface area (TPSA) is 86.7 Å². The Hall–Kier alpha value is -1.70. The van der Waals surface area contributed by atoms with Gasteiger partial charge in [0.2, 0.25) is 5.91 Å². The zero-order chi connectivity index (χ0) is 19.6. The van der Waals surface area contributed by atoms with Gasteiger partial charge in [-0.25, -0.2) is 4.79 Å². The molecule has 0 aliphatic carbocycles. The summed E-state index contributed by atoms with van der Waals surface area (Å²) in [7, 11) is 0. The summed E-state index contributed by atoms with van der Waals surface area (Å²) in [6.07, 6.45) is 0.204. The molecule has 9 heteroatoms. The molecule has 0 aromatic heterocycles. The number of halogens is 2. The first-order valence-electron chi connectivity index (χ1n) is 7.76. The van der Waals surface area contributed by atoms with Crippen molar-refractivity contribution in [3.8, 4) is 0 Å². The van der Waals surface area contributed by atoms with Crippen molar-refractivity contribution in [1.29, 1.82) is 0 Å². The molecule has 2 amide bonds. The van der Waals surface area contributed by atoms with Gasteiger partial charge in [0.05, 0.1) is 10.0 Å². The molecule has 2 N–H and O–H groups in total. The van der Waals surface area contributed by atoms with E-state index in [0.717, 1.165) is 0 Å². The van der Waals surface area contributed by atoms with Crippen LogP contribution in [0.5, 0.6) is 0 Å². The molecule has 0 saturated carbocycles. The van der Waals surface area contributed by atoms with Crippen molar-refractivity contribution in [1.82, 2.24) is 10.2 Å². The Morgan fingerprint density at radius 1 is 1.23 bits per heavy atom. The van der Waals surface area contributed by atoms with Gasteiger partial charge < -0.3 is 15.3 Å². The molecule has 0 spiro atoms. The first kappa shape index (κ1) is 20.6. The summed E-state index contributed by atoms with van der Waals surface area (Å²) in [5.74, 6) is -1.90. The van der Waals surface area contributed by atoms with E-state index in [2.05, 4.69) is 24.5 Å². The van der Waals surface area contributed by atoms with E-state index in [0.29, 0.717) is 10.5 Å². The molecular formula is C17H18Cl2N2O4S. The van der Waals surface area contributed by atoms with Crippen LogP contribution in [0, 0.1) is 0 Å². The van der Waals surface area contributed by atoms with Gasteiger partial charge in [0.15, 0.2) is 0 Å². The lowest BCUT2D eigenvalue weighted by molar-refractivity contribution is -0.151. The molecule has 0 atom stereocenters. The smallest absolute Gasteiger partial charge is 0.329 e. The molecule has 26 heavy (non-hydrogen) atoms. The number of likely N-dealkylation sites (tertiary alicyclic amines) is 1. The molecule has 1 aliphatic rings. The van der Waals surface area contributed by atoms with Crippen LogP contribution in [0.1, 0.15) is 25.3 Å². The third-order valence-electron chi connectivity index (χ3n) is 4.37. The number of carboxylic acids is 1. The predicted octanol–water partition coefficient (Wildman–Crippen LogP) is 2.88. The summed E-state index contributed by atoms with van der Waals surface area (Å²) < 4.78 is 0. The number of benzene rings is 1. The highest BCUT2D eigenvalue weighted by Gasteiger charge is 2.43. The van der Waals surface area contributed by atoms with E-state index < -0.39 is 17.4 Å². The largest absolute Gasteiger partial charge is 0.480 e. The van der Waals surface area contributed by atoms with Crippen LogP contribution in [0.25, 0.3) is 5.57 Å². The van der Waals surface area contributed by atoms with Gasteiger partial charge in [0.1, 0.15) is 5.54 Å². The molecule has 0 unspecified atom stereocenters. The van der Waals surface area contributed by atoms with Crippen LogP contribution in [0.3, 0.4) is 0 Å². The second-order valence-electron chi connectivity index (χ2n) is 6.10. The molecule has 1 aromatic carbocycles. The first-order valence-corrected chi connectivity index (χ1v) is 8.97. The number of rotatable bonds is 4. The van der Waals surface area contributed by atoms with Crippen molar-refractivity contribution >= 4 is 59.2 Å². The van der Waals surface area contributed by atoms with E-state index >= 15 is 0 Å². The molecule has 1 heterocycles. The molecule has 1 saturated heterocycles. The fourth-order valence-corrected chi connectivity index (χ4v) is 3.60. The van der Waals surface area contributed by atoms with Gasteiger partial charge in [0.25, 0.3) is 5.91 Å². The Morgan fingerprint density at radius 2 is 1.81 bits per heavy atom. The number of hydrogen-bond acceptors (Lipinski definition) is 4. The molecular weight excluding hydrogens is 399 g/mol. The van der Waals surface area contributed by atoms with Crippen molar-refractivity contribution in [2.24, 2.45) is 0 Å². The number of nitrogens with zero attached hydrogens (tertiary/aromatic N) is 1. The van der Waals surface area contributed by atoms with E-state index in [9.17, 15) is 19.5 Å². The Kier molecular flexibility index (Phi) is 6.26. The SMILES string of the molecule is C=C(C(=O)N1CCC(NC(C)=O)(C(=O)O)CC1)c1ccc(S)c(Cl)c1Cl. The molecule has 1 aliphatic heterocycles. The zero-order valence-electron chi connectivity index (χ0n) is 14.0. The van der Waals surface area contributed by atoms with Crippen molar-refractivity contribution in [3.05, 3.63) is 34.3 Å². The second-order valence-corrected chi connectivity index (χ2v) is 7.34. The maximum atomic E-state index is 12.7. The van der Waals surface area contributed by atoms with E-state index in [-0.39, 0.29) is 47.5 Å². The van der Waals surface area contributed by atoms with Crippen molar-refractivity contribution in [2.75, 3.05) is 13.1 Å². The minimum Gasteiger partial charge on any atom is -0.480 e. The number of carbonyl (C=O) groups excluding carboxylic acids is 2. The number of amides is 2. The summed E-state index contributed by atoms with van der Waals surface area (Å²) in [5, 5.41) is 12.4. The third kappa shape index (κ3) is 4.00.